The molecule has 8 nitrogen and oxygen atoms in total. The first-order valence-corrected chi connectivity index (χ1v) is 11.4. The molecule has 1 N–H and O–H groups in total. The number of halogens is 1. The van der Waals surface area contributed by atoms with Crippen molar-refractivity contribution in [3.63, 3.8) is 0 Å². The third kappa shape index (κ3) is 5.17. The number of nitrogens with zero attached hydrogens (tertiary/aromatic N) is 3. The Morgan fingerprint density at radius 1 is 1.22 bits per heavy atom. The van der Waals surface area contributed by atoms with Crippen molar-refractivity contribution in [1.82, 2.24) is 14.8 Å². The third-order valence-electron chi connectivity index (χ3n) is 4.84. The summed E-state index contributed by atoms with van der Waals surface area (Å²) in [7, 11) is 1.67. The highest BCUT2D eigenvalue weighted by Crippen LogP contribution is 2.35. The Labute approximate surface area is 195 Å². The van der Waals surface area contributed by atoms with Gasteiger partial charge >= 0.3 is 0 Å². The number of thioether (sulfide) groups is 1. The molecule has 1 aliphatic heterocycles. The van der Waals surface area contributed by atoms with Gasteiger partial charge < -0.3 is 24.1 Å². The maximum absolute atomic E-state index is 12.8. The van der Waals surface area contributed by atoms with Crippen LogP contribution in [0.5, 0.6) is 11.5 Å². The fraction of sp³-hybridized carbons (Fsp3) is 0.318. The zero-order valence-electron chi connectivity index (χ0n) is 17.7. The predicted octanol–water partition coefficient (Wildman–Crippen LogP) is 4.48. The number of hydrogen-bond acceptors (Lipinski definition) is 7. The molecule has 1 aliphatic rings. The quantitative estimate of drug-likeness (QED) is 0.361. The molecule has 168 valence electrons. The first-order valence-electron chi connectivity index (χ1n) is 10.1. The van der Waals surface area contributed by atoms with Crippen molar-refractivity contribution in [3.8, 4) is 22.9 Å². The molecule has 0 unspecified atom stereocenters. The molecule has 2 heterocycles. The Morgan fingerprint density at radius 3 is 2.78 bits per heavy atom. The van der Waals surface area contributed by atoms with Gasteiger partial charge in [0.25, 0.3) is 0 Å². The molecular weight excluding hydrogens is 452 g/mol. The molecule has 0 aliphatic carbocycles. The lowest BCUT2D eigenvalue weighted by atomic mass is 10.2. The van der Waals surface area contributed by atoms with Crippen LogP contribution in [0.15, 0.2) is 47.6 Å². The van der Waals surface area contributed by atoms with Crippen LogP contribution in [-0.2, 0) is 16.1 Å². The van der Waals surface area contributed by atoms with Gasteiger partial charge in [-0.3, -0.25) is 4.79 Å². The van der Waals surface area contributed by atoms with E-state index in [2.05, 4.69) is 15.5 Å². The molecule has 4 rings (SSSR count). The first kappa shape index (κ1) is 22.4. The monoisotopic (exact) mass is 474 g/mol. The second-order valence-corrected chi connectivity index (χ2v) is 8.87. The number of nitrogens with one attached hydrogen (secondary N) is 1. The molecule has 0 radical (unpaired) electrons. The molecule has 3 aromatic rings. The lowest BCUT2D eigenvalue weighted by Gasteiger charge is -2.14. The highest BCUT2D eigenvalue weighted by atomic mass is 35.5. The van der Waals surface area contributed by atoms with Crippen molar-refractivity contribution in [2.75, 3.05) is 25.8 Å². The van der Waals surface area contributed by atoms with Crippen molar-refractivity contribution in [2.24, 2.45) is 0 Å². The van der Waals surface area contributed by atoms with Gasteiger partial charge in [-0.1, -0.05) is 23.4 Å². The fourth-order valence-corrected chi connectivity index (χ4v) is 4.19. The van der Waals surface area contributed by atoms with Crippen LogP contribution in [0, 0.1) is 0 Å². The summed E-state index contributed by atoms with van der Waals surface area (Å²) in [6, 6.07) is 12.8. The molecule has 0 spiro atoms. The zero-order valence-corrected chi connectivity index (χ0v) is 19.3. The molecule has 32 heavy (non-hydrogen) atoms. The Bertz CT molecular complexity index is 1090. The smallest absolute Gasteiger partial charge is 0.237 e. The number of carbonyl (C=O) groups excluding carboxylic acids is 1. The van der Waals surface area contributed by atoms with Crippen molar-refractivity contribution in [1.29, 1.82) is 0 Å². The van der Waals surface area contributed by atoms with Crippen LogP contribution in [0.2, 0.25) is 5.02 Å². The topological polar surface area (TPSA) is 87.5 Å². The number of methoxy groups -OCH3 is 1. The Morgan fingerprint density at radius 2 is 2.00 bits per heavy atom. The van der Waals surface area contributed by atoms with Crippen LogP contribution in [0.25, 0.3) is 11.4 Å². The molecular formula is C22H23ClN4O4S. The van der Waals surface area contributed by atoms with Gasteiger partial charge in [-0.05, 0) is 49.7 Å². The van der Waals surface area contributed by atoms with Crippen LogP contribution in [0.1, 0.15) is 13.3 Å². The first-order chi connectivity index (χ1) is 15.5. The summed E-state index contributed by atoms with van der Waals surface area (Å²) in [4.78, 5) is 12.8. The number of benzene rings is 2. The molecule has 1 amide bonds. The Kier molecular flexibility index (Phi) is 7.19. The summed E-state index contributed by atoms with van der Waals surface area (Å²) < 4.78 is 17.9. The molecule has 1 aromatic heterocycles. The normalized spacial score (nSPS) is 13.2. The number of anilines is 1. The lowest BCUT2D eigenvalue weighted by Crippen LogP contribution is -2.23. The number of ether oxygens (including phenoxy) is 3. The molecule has 1 atom stereocenters. The van der Waals surface area contributed by atoms with Crippen molar-refractivity contribution in [3.05, 3.63) is 47.5 Å². The van der Waals surface area contributed by atoms with E-state index in [1.807, 2.05) is 35.8 Å². The van der Waals surface area contributed by atoms with E-state index in [0.29, 0.717) is 40.5 Å². The van der Waals surface area contributed by atoms with Crippen LogP contribution in [0.3, 0.4) is 0 Å². The van der Waals surface area contributed by atoms with E-state index in [9.17, 15) is 4.79 Å². The fourth-order valence-electron chi connectivity index (χ4n) is 3.19. The number of amides is 1. The summed E-state index contributed by atoms with van der Waals surface area (Å²) >= 11 is 7.38. The van der Waals surface area contributed by atoms with Gasteiger partial charge in [0.1, 0.15) is 0 Å². The zero-order chi connectivity index (χ0) is 22.5. The maximum Gasteiger partial charge on any atom is 0.237 e. The van der Waals surface area contributed by atoms with Gasteiger partial charge in [-0.25, -0.2) is 0 Å². The molecule has 0 fully saturated rings. The third-order valence-corrected chi connectivity index (χ3v) is 6.17. The second-order valence-electron chi connectivity index (χ2n) is 7.13. The van der Waals surface area contributed by atoms with Gasteiger partial charge in [0.15, 0.2) is 22.5 Å². The summed E-state index contributed by atoms with van der Waals surface area (Å²) in [5.74, 6) is 1.87. The van der Waals surface area contributed by atoms with Crippen molar-refractivity contribution >= 4 is 35.0 Å². The highest BCUT2D eigenvalue weighted by Gasteiger charge is 2.22. The minimum Gasteiger partial charge on any atom is -0.454 e. The average Bonchev–Trinajstić information content (AvgIpc) is 3.41. The van der Waals surface area contributed by atoms with Crippen LogP contribution in [-0.4, -0.2) is 46.4 Å². The second kappa shape index (κ2) is 10.2. The SMILES string of the molecule is COCCCn1c(S[C@H](C)C(=O)Nc2ccc3c(c2)OCO3)nnc1-c1ccc(Cl)cc1. The van der Waals surface area contributed by atoms with Crippen LogP contribution < -0.4 is 14.8 Å². The summed E-state index contributed by atoms with van der Waals surface area (Å²) in [6.45, 7) is 3.30. The number of rotatable bonds is 9. The highest BCUT2D eigenvalue weighted by molar-refractivity contribution is 8.00. The number of aromatic nitrogens is 3. The van der Waals surface area contributed by atoms with E-state index >= 15 is 0 Å². The van der Waals surface area contributed by atoms with E-state index < -0.39 is 5.25 Å². The molecule has 0 saturated carbocycles. The van der Waals surface area contributed by atoms with E-state index in [1.54, 1.807) is 25.3 Å². The van der Waals surface area contributed by atoms with Gasteiger partial charge in [0, 0.05) is 42.6 Å². The van der Waals surface area contributed by atoms with Gasteiger partial charge in [0.2, 0.25) is 12.7 Å². The summed E-state index contributed by atoms with van der Waals surface area (Å²) in [5, 5.41) is 12.6. The summed E-state index contributed by atoms with van der Waals surface area (Å²) in [5.41, 5.74) is 1.55. The molecule has 0 saturated heterocycles. The largest absolute Gasteiger partial charge is 0.454 e. The standard InChI is InChI=1S/C22H23ClN4O4S/c1-14(21(28)24-17-8-9-18-19(12-17)31-13-30-18)32-22-26-25-20(27(22)10-3-11-29-2)15-4-6-16(23)7-5-15/h4-9,12,14H,3,10-11,13H2,1-2H3,(H,24,28)/t14-/m1/s1. The van der Waals surface area contributed by atoms with E-state index in [0.717, 1.165) is 17.8 Å². The Hall–Kier alpha value is -2.75. The van der Waals surface area contributed by atoms with Gasteiger partial charge in [-0.15, -0.1) is 10.2 Å². The molecule has 10 heteroatoms. The van der Waals surface area contributed by atoms with Crippen LogP contribution >= 0.6 is 23.4 Å². The van der Waals surface area contributed by atoms with E-state index in [4.69, 9.17) is 25.8 Å². The number of fused-ring (bicyclic) bond motifs is 1. The van der Waals surface area contributed by atoms with Crippen LogP contribution in [0.4, 0.5) is 5.69 Å². The average molecular weight is 475 g/mol. The van der Waals surface area contributed by atoms with Crippen molar-refractivity contribution < 1.29 is 19.0 Å². The molecule has 0 bridgehead atoms. The van der Waals surface area contributed by atoms with Crippen molar-refractivity contribution in [2.45, 2.75) is 30.3 Å². The Balaban J connectivity index is 1.49. The predicted molar refractivity (Wildman–Crippen MR) is 123 cm³/mol. The summed E-state index contributed by atoms with van der Waals surface area (Å²) in [6.07, 6.45) is 0.792. The minimum atomic E-state index is -0.399. The van der Waals surface area contributed by atoms with E-state index in [1.165, 1.54) is 11.8 Å². The van der Waals surface area contributed by atoms with E-state index in [-0.39, 0.29) is 12.7 Å². The number of carbonyl (C=O) groups is 1. The van der Waals surface area contributed by atoms with Gasteiger partial charge in [-0.2, -0.15) is 0 Å². The minimum absolute atomic E-state index is 0.145. The van der Waals surface area contributed by atoms with Gasteiger partial charge in [0.05, 0.1) is 5.25 Å². The maximum atomic E-state index is 12.8. The lowest BCUT2D eigenvalue weighted by molar-refractivity contribution is -0.115. The molecule has 2 aromatic carbocycles. The number of hydrogen-bond donors (Lipinski definition) is 1.